The normalized spacial score (nSPS) is 21.2. The third-order valence-corrected chi connectivity index (χ3v) is 3.37. The van der Waals surface area contributed by atoms with Crippen LogP contribution in [0.2, 0.25) is 0 Å². The van der Waals surface area contributed by atoms with E-state index in [0.717, 1.165) is 30.2 Å². The van der Waals surface area contributed by atoms with Crippen molar-refractivity contribution in [1.29, 1.82) is 0 Å². The third kappa shape index (κ3) is 1.76. The monoisotopic (exact) mass is 232 g/mol. The molecule has 0 aromatic carbocycles. The lowest BCUT2D eigenvalue weighted by molar-refractivity contribution is 0.306. The van der Waals surface area contributed by atoms with Crippen LogP contribution in [0.15, 0.2) is 18.3 Å². The molecular weight excluding hydrogens is 216 g/mol. The van der Waals surface area contributed by atoms with Crippen LogP contribution < -0.4 is 4.74 Å². The summed E-state index contributed by atoms with van der Waals surface area (Å²) in [6.07, 6.45) is 4.23. The highest BCUT2D eigenvalue weighted by atomic mass is 16.5. The van der Waals surface area contributed by atoms with Crippen LogP contribution in [0.25, 0.3) is 5.65 Å². The molecule has 90 valence electrons. The molecule has 5 nitrogen and oxygen atoms in total. The Labute approximate surface area is 100 Å². The predicted molar refractivity (Wildman–Crippen MR) is 64.1 cm³/mol. The molecule has 5 heteroatoms. The quantitative estimate of drug-likeness (QED) is 0.787. The van der Waals surface area contributed by atoms with Crippen LogP contribution in [-0.2, 0) is 0 Å². The summed E-state index contributed by atoms with van der Waals surface area (Å²) in [6.45, 7) is 1.13. The number of methoxy groups -OCH3 is 1. The highest BCUT2D eigenvalue weighted by Crippen LogP contribution is 2.28. The van der Waals surface area contributed by atoms with Gasteiger partial charge in [-0.1, -0.05) is 0 Å². The smallest absolute Gasteiger partial charge is 0.168 e. The second-order valence-corrected chi connectivity index (χ2v) is 4.48. The van der Waals surface area contributed by atoms with Crippen LogP contribution in [0.5, 0.6) is 5.75 Å². The van der Waals surface area contributed by atoms with Gasteiger partial charge < -0.3 is 4.74 Å². The molecule has 2 aromatic rings. The van der Waals surface area contributed by atoms with E-state index in [2.05, 4.69) is 22.0 Å². The van der Waals surface area contributed by atoms with Gasteiger partial charge in [0.2, 0.25) is 0 Å². The van der Waals surface area contributed by atoms with E-state index in [1.165, 1.54) is 6.42 Å². The average Bonchev–Trinajstić information content (AvgIpc) is 2.93. The molecule has 3 heterocycles. The summed E-state index contributed by atoms with van der Waals surface area (Å²) in [5.74, 6) is 1.71. The molecule has 1 atom stereocenters. The molecule has 3 rings (SSSR count). The molecule has 0 N–H and O–H groups in total. The second-order valence-electron chi connectivity index (χ2n) is 4.48. The van der Waals surface area contributed by atoms with E-state index in [9.17, 15) is 0 Å². The van der Waals surface area contributed by atoms with E-state index in [0.29, 0.717) is 6.04 Å². The highest BCUT2D eigenvalue weighted by Gasteiger charge is 2.26. The van der Waals surface area contributed by atoms with Crippen LogP contribution in [-0.4, -0.2) is 40.2 Å². The molecule has 0 bridgehead atoms. The van der Waals surface area contributed by atoms with E-state index < -0.39 is 0 Å². The maximum atomic E-state index is 5.18. The van der Waals surface area contributed by atoms with E-state index in [1.54, 1.807) is 11.6 Å². The number of fused-ring (bicyclic) bond motifs is 1. The van der Waals surface area contributed by atoms with Crippen LogP contribution in [0.4, 0.5) is 0 Å². The number of ether oxygens (including phenoxy) is 1. The first-order valence-corrected chi connectivity index (χ1v) is 5.88. The Hall–Kier alpha value is -1.62. The van der Waals surface area contributed by atoms with Crippen molar-refractivity contribution >= 4 is 5.65 Å². The molecule has 1 fully saturated rings. The predicted octanol–water partition coefficient (Wildman–Crippen LogP) is 1.50. The maximum Gasteiger partial charge on any atom is 0.168 e. The molecule has 0 radical (unpaired) electrons. The number of aromatic nitrogens is 3. The van der Waals surface area contributed by atoms with Crippen LogP contribution in [0, 0.1) is 0 Å². The van der Waals surface area contributed by atoms with Crippen molar-refractivity contribution in [3.05, 3.63) is 24.2 Å². The number of pyridine rings is 1. The summed E-state index contributed by atoms with van der Waals surface area (Å²) >= 11 is 0. The minimum Gasteiger partial charge on any atom is -0.495 e. The largest absolute Gasteiger partial charge is 0.495 e. The number of rotatable bonds is 2. The zero-order valence-electron chi connectivity index (χ0n) is 10.1. The third-order valence-electron chi connectivity index (χ3n) is 3.37. The van der Waals surface area contributed by atoms with Gasteiger partial charge in [-0.15, -0.1) is 5.10 Å². The Morgan fingerprint density at radius 3 is 3.00 bits per heavy atom. The fraction of sp³-hybridized carbons (Fsp3) is 0.500. The number of hydrogen-bond donors (Lipinski definition) is 0. The standard InChI is InChI=1S/C12H16N4O/c1-15-7-3-4-10(15)12-13-11-6-5-9(17-2)8-16(11)14-12/h5-6,8,10H,3-4,7H2,1-2H3. The lowest BCUT2D eigenvalue weighted by atomic mass is 10.2. The molecule has 0 amide bonds. The Balaban J connectivity index is 2.01. The molecule has 1 saturated heterocycles. The van der Waals surface area contributed by atoms with Crippen molar-refractivity contribution < 1.29 is 4.74 Å². The molecule has 1 unspecified atom stereocenters. The van der Waals surface area contributed by atoms with Gasteiger partial charge in [0.15, 0.2) is 11.5 Å². The zero-order valence-corrected chi connectivity index (χ0v) is 10.1. The number of likely N-dealkylation sites (tertiary alicyclic amines) is 1. The lowest BCUT2D eigenvalue weighted by Gasteiger charge is -2.15. The summed E-state index contributed by atoms with van der Waals surface area (Å²) < 4.78 is 6.97. The molecular formula is C12H16N4O. The van der Waals surface area contributed by atoms with E-state index in [-0.39, 0.29) is 0 Å². The van der Waals surface area contributed by atoms with E-state index >= 15 is 0 Å². The van der Waals surface area contributed by atoms with Gasteiger partial charge in [-0.05, 0) is 38.6 Å². The SMILES string of the molecule is COc1ccc2nc(C3CCCN3C)nn2c1. The topological polar surface area (TPSA) is 42.7 Å². The zero-order chi connectivity index (χ0) is 11.8. The van der Waals surface area contributed by atoms with Gasteiger partial charge in [0.1, 0.15) is 5.75 Å². The maximum absolute atomic E-state index is 5.18. The molecule has 0 spiro atoms. The van der Waals surface area contributed by atoms with Crippen LogP contribution in [0.3, 0.4) is 0 Å². The number of nitrogens with zero attached hydrogens (tertiary/aromatic N) is 4. The summed E-state index contributed by atoms with van der Waals surface area (Å²) in [4.78, 5) is 6.89. The van der Waals surface area contributed by atoms with Gasteiger partial charge >= 0.3 is 0 Å². The Morgan fingerprint density at radius 2 is 2.29 bits per heavy atom. The number of hydrogen-bond acceptors (Lipinski definition) is 4. The van der Waals surface area contributed by atoms with E-state index in [1.807, 2.05) is 18.3 Å². The first kappa shape index (κ1) is 10.5. The highest BCUT2D eigenvalue weighted by molar-refractivity contribution is 5.40. The second kappa shape index (κ2) is 4.00. The van der Waals surface area contributed by atoms with Crippen LogP contribution >= 0.6 is 0 Å². The van der Waals surface area contributed by atoms with Gasteiger partial charge in [-0.2, -0.15) is 0 Å². The summed E-state index contributed by atoms with van der Waals surface area (Å²) in [7, 11) is 3.79. The Morgan fingerprint density at radius 1 is 1.41 bits per heavy atom. The first-order valence-electron chi connectivity index (χ1n) is 5.88. The van der Waals surface area contributed by atoms with Gasteiger partial charge in [0, 0.05) is 0 Å². The van der Waals surface area contributed by atoms with Crippen molar-refractivity contribution in [2.24, 2.45) is 0 Å². The van der Waals surface area contributed by atoms with Crippen molar-refractivity contribution in [2.45, 2.75) is 18.9 Å². The fourth-order valence-corrected chi connectivity index (χ4v) is 2.38. The first-order chi connectivity index (χ1) is 8.28. The minimum atomic E-state index is 0.362. The average molecular weight is 232 g/mol. The molecule has 1 aliphatic heterocycles. The minimum absolute atomic E-state index is 0.362. The summed E-state index contributed by atoms with van der Waals surface area (Å²) in [5.41, 5.74) is 0.876. The molecule has 0 saturated carbocycles. The Bertz CT molecular complexity index is 536. The summed E-state index contributed by atoms with van der Waals surface area (Å²) in [6, 6.07) is 4.21. The van der Waals surface area contributed by atoms with Crippen molar-refractivity contribution in [3.63, 3.8) is 0 Å². The lowest BCUT2D eigenvalue weighted by Crippen LogP contribution is -2.18. The van der Waals surface area contributed by atoms with Gasteiger partial charge in [-0.3, -0.25) is 4.90 Å². The summed E-state index contributed by atoms with van der Waals surface area (Å²) in [5, 5.41) is 4.54. The molecule has 0 aliphatic carbocycles. The van der Waals surface area contributed by atoms with Crippen molar-refractivity contribution in [1.82, 2.24) is 19.5 Å². The van der Waals surface area contributed by atoms with Crippen molar-refractivity contribution in [3.8, 4) is 5.75 Å². The van der Waals surface area contributed by atoms with Crippen molar-refractivity contribution in [2.75, 3.05) is 20.7 Å². The Kier molecular flexibility index (Phi) is 2.48. The van der Waals surface area contributed by atoms with Gasteiger partial charge in [0.25, 0.3) is 0 Å². The van der Waals surface area contributed by atoms with Gasteiger partial charge in [-0.25, -0.2) is 9.50 Å². The molecule has 2 aromatic heterocycles. The molecule has 1 aliphatic rings. The fourth-order valence-electron chi connectivity index (χ4n) is 2.38. The molecule has 17 heavy (non-hydrogen) atoms. The van der Waals surface area contributed by atoms with E-state index in [4.69, 9.17) is 4.74 Å². The van der Waals surface area contributed by atoms with Crippen LogP contribution in [0.1, 0.15) is 24.7 Å². The van der Waals surface area contributed by atoms with Gasteiger partial charge in [0.05, 0.1) is 19.3 Å².